The summed E-state index contributed by atoms with van der Waals surface area (Å²) in [5.41, 5.74) is 1.42. The lowest BCUT2D eigenvalue weighted by molar-refractivity contribution is -0.117. The molecule has 0 saturated carbocycles. The van der Waals surface area contributed by atoms with Gasteiger partial charge in [0.2, 0.25) is 11.8 Å². The zero-order valence-electron chi connectivity index (χ0n) is 11.9. The zero-order chi connectivity index (χ0) is 14.5. The molecule has 1 aliphatic heterocycles. The maximum absolute atomic E-state index is 11.9. The fourth-order valence-electron chi connectivity index (χ4n) is 2.33. The molecule has 0 bridgehead atoms. The van der Waals surface area contributed by atoms with Crippen molar-refractivity contribution < 1.29 is 14.3 Å². The Labute approximate surface area is 118 Å². The van der Waals surface area contributed by atoms with Gasteiger partial charge in [-0.15, -0.1) is 0 Å². The molecular weight excluding hydrogens is 256 g/mol. The van der Waals surface area contributed by atoms with Crippen molar-refractivity contribution in [2.45, 2.75) is 32.6 Å². The minimum atomic E-state index is -0.0173. The molecule has 2 amide bonds. The Morgan fingerprint density at radius 3 is 2.85 bits per heavy atom. The van der Waals surface area contributed by atoms with Gasteiger partial charge in [-0.2, -0.15) is 0 Å². The molecule has 5 nitrogen and oxygen atoms in total. The van der Waals surface area contributed by atoms with E-state index in [4.69, 9.17) is 4.74 Å². The van der Waals surface area contributed by atoms with E-state index in [1.807, 2.05) is 6.92 Å². The second kappa shape index (κ2) is 6.41. The van der Waals surface area contributed by atoms with Crippen LogP contribution in [-0.4, -0.2) is 25.5 Å². The van der Waals surface area contributed by atoms with Crippen LogP contribution in [0.1, 0.15) is 32.6 Å². The Morgan fingerprint density at radius 1 is 1.45 bits per heavy atom. The maximum atomic E-state index is 11.9. The first-order valence-corrected chi connectivity index (χ1v) is 6.94. The number of ether oxygens (including phenoxy) is 1. The standard InChI is InChI=1S/C15H20N2O3/c1-3-5-14(18)16-11-7-8-13(20-2)12(10-11)17-9-4-6-15(17)19/h7-8,10H,3-6,9H2,1-2H3,(H,16,18). The van der Waals surface area contributed by atoms with Gasteiger partial charge in [0.25, 0.3) is 0 Å². The van der Waals surface area contributed by atoms with Crippen LogP contribution in [0.25, 0.3) is 0 Å². The highest BCUT2D eigenvalue weighted by atomic mass is 16.5. The van der Waals surface area contributed by atoms with Crippen LogP contribution < -0.4 is 15.0 Å². The zero-order valence-corrected chi connectivity index (χ0v) is 11.9. The van der Waals surface area contributed by atoms with E-state index in [1.165, 1.54) is 0 Å². The number of anilines is 2. The highest BCUT2D eigenvalue weighted by molar-refractivity contribution is 5.98. The van der Waals surface area contributed by atoms with Crippen LogP contribution in [-0.2, 0) is 9.59 Å². The van der Waals surface area contributed by atoms with E-state index >= 15 is 0 Å². The molecule has 20 heavy (non-hydrogen) atoms. The molecule has 108 valence electrons. The number of nitrogens with zero attached hydrogens (tertiary/aromatic N) is 1. The average molecular weight is 276 g/mol. The van der Waals surface area contributed by atoms with Crippen LogP contribution in [0.4, 0.5) is 11.4 Å². The summed E-state index contributed by atoms with van der Waals surface area (Å²) in [5, 5.41) is 2.84. The van der Waals surface area contributed by atoms with E-state index in [1.54, 1.807) is 30.2 Å². The first kappa shape index (κ1) is 14.4. The Hall–Kier alpha value is -2.04. The lowest BCUT2D eigenvalue weighted by Gasteiger charge is -2.20. The number of carbonyl (C=O) groups is 2. The van der Waals surface area contributed by atoms with E-state index in [0.717, 1.165) is 18.5 Å². The minimum absolute atomic E-state index is 0.0173. The van der Waals surface area contributed by atoms with Crippen LogP contribution in [0.3, 0.4) is 0 Å². The van der Waals surface area contributed by atoms with Gasteiger partial charge in [-0.25, -0.2) is 0 Å². The molecule has 1 N–H and O–H groups in total. The molecule has 1 heterocycles. The third-order valence-corrected chi connectivity index (χ3v) is 3.30. The molecule has 5 heteroatoms. The van der Waals surface area contributed by atoms with E-state index in [-0.39, 0.29) is 11.8 Å². The molecule has 0 unspecified atom stereocenters. The molecule has 0 aliphatic carbocycles. The number of rotatable bonds is 5. The summed E-state index contributed by atoms with van der Waals surface area (Å²) >= 11 is 0. The predicted molar refractivity (Wildman–Crippen MR) is 78.1 cm³/mol. The molecule has 1 aromatic carbocycles. The molecule has 1 fully saturated rings. The summed E-state index contributed by atoms with van der Waals surface area (Å²) < 4.78 is 5.31. The molecule has 1 saturated heterocycles. The van der Waals surface area contributed by atoms with Crippen molar-refractivity contribution in [3.63, 3.8) is 0 Å². The number of nitrogens with one attached hydrogen (secondary N) is 1. The molecule has 0 spiro atoms. The van der Waals surface area contributed by atoms with Gasteiger partial charge in [0.15, 0.2) is 0 Å². The maximum Gasteiger partial charge on any atom is 0.227 e. The van der Waals surface area contributed by atoms with Gasteiger partial charge < -0.3 is 15.0 Å². The van der Waals surface area contributed by atoms with Crippen LogP contribution in [0.15, 0.2) is 18.2 Å². The monoisotopic (exact) mass is 276 g/mol. The van der Waals surface area contributed by atoms with Gasteiger partial charge in [-0.05, 0) is 31.0 Å². The summed E-state index contributed by atoms with van der Waals surface area (Å²) in [7, 11) is 1.58. The number of hydrogen-bond donors (Lipinski definition) is 1. The van der Waals surface area contributed by atoms with Gasteiger partial charge in [-0.3, -0.25) is 9.59 Å². The topological polar surface area (TPSA) is 58.6 Å². The lowest BCUT2D eigenvalue weighted by atomic mass is 10.2. The van der Waals surface area contributed by atoms with Gasteiger partial charge in [0.05, 0.1) is 12.8 Å². The van der Waals surface area contributed by atoms with Crippen LogP contribution in [0.2, 0.25) is 0 Å². The van der Waals surface area contributed by atoms with Crippen LogP contribution >= 0.6 is 0 Å². The fraction of sp³-hybridized carbons (Fsp3) is 0.467. The minimum Gasteiger partial charge on any atom is -0.495 e. The Bertz CT molecular complexity index is 514. The van der Waals surface area contributed by atoms with Crippen molar-refractivity contribution in [2.75, 3.05) is 23.9 Å². The lowest BCUT2D eigenvalue weighted by Crippen LogP contribution is -2.24. The number of carbonyl (C=O) groups excluding carboxylic acids is 2. The predicted octanol–water partition coefficient (Wildman–Crippen LogP) is 2.56. The molecule has 0 atom stereocenters. The van der Waals surface area contributed by atoms with Gasteiger partial charge >= 0.3 is 0 Å². The quantitative estimate of drug-likeness (QED) is 0.899. The Kier molecular flexibility index (Phi) is 4.61. The number of methoxy groups -OCH3 is 1. The third-order valence-electron chi connectivity index (χ3n) is 3.30. The normalized spacial score (nSPS) is 14.5. The second-order valence-electron chi connectivity index (χ2n) is 4.83. The van der Waals surface area contributed by atoms with Crippen molar-refractivity contribution >= 4 is 23.2 Å². The number of benzene rings is 1. The molecule has 1 aromatic rings. The van der Waals surface area contributed by atoms with Gasteiger partial charge in [0.1, 0.15) is 5.75 Å². The summed E-state index contributed by atoms with van der Waals surface area (Å²) in [6, 6.07) is 5.37. The Balaban J connectivity index is 2.24. The molecule has 1 aliphatic rings. The van der Waals surface area contributed by atoms with Gasteiger partial charge in [0, 0.05) is 25.1 Å². The first-order valence-electron chi connectivity index (χ1n) is 6.94. The summed E-state index contributed by atoms with van der Waals surface area (Å²) in [6.45, 7) is 2.66. The summed E-state index contributed by atoms with van der Waals surface area (Å²) in [5.74, 6) is 0.727. The smallest absolute Gasteiger partial charge is 0.227 e. The second-order valence-corrected chi connectivity index (χ2v) is 4.83. The van der Waals surface area contributed by atoms with Crippen molar-refractivity contribution in [1.82, 2.24) is 0 Å². The summed E-state index contributed by atoms with van der Waals surface area (Å²) in [6.07, 6.45) is 2.72. The van der Waals surface area contributed by atoms with Crippen molar-refractivity contribution in [2.24, 2.45) is 0 Å². The highest BCUT2D eigenvalue weighted by Crippen LogP contribution is 2.34. The van der Waals surface area contributed by atoms with E-state index < -0.39 is 0 Å². The van der Waals surface area contributed by atoms with E-state index in [9.17, 15) is 9.59 Å². The largest absolute Gasteiger partial charge is 0.495 e. The van der Waals surface area contributed by atoms with Crippen molar-refractivity contribution in [3.05, 3.63) is 18.2 Å². The summed E-state index contributed by atoms with van der Waals surface area (Å²) in [4.78, 5) is 25.2. The highest BCUT2D eigenvalue weighted by Gasteiger charge is 2.24. The molecule has 2 rings (SSSR count). The van der Waals surface area contributed by atoms with E-state index in [0.29, 0.717) is 30.8 Å². The van der Waals surface area contributed by atoms with E-state index in [2.05, 4.69) is 5.32 Å². The first-order chi connectivity index (χ1) is 9.65. The SMILES string of the molecule is CCCC(=O)Nc1ccc(OC)c(N2CCCC2=O)c1. The van der Waals surface area contributed by atoms with Gasteiger partial charge in [-0.1, -0.05) is 6.92 Å². The van der Waals surface area contributed by atoms with Crippen molar-refractivity contribution in [3.8, 4) is 5.75 Å². The third kappa shape index (κ3) is 3.10. The van der Waals surface area contributed by atoms with Crippen LogP contribution in [0.5, 0.6) is 5.75 Å². The fourth-order valence-corrected chi connectivity index (χ4v) is 2.33. The number of hydrogen-bond acceptors (Lipinski definition) is 3. The molecule has 0 radical (unpaired) electrons. The molecule has 0 aromatic heterocycles. The number of amides is 2. The molecular formula is C15H20N2O3. The van der Waals surface area contributed by atoms with Crippen molar-refractivity contribution in [1.29, 1.82) is 0 Å². The van der Waals surface area contributed by atoms with Crippen LogP contribution in [0, 0.1) is 0 Å². The average Bonchev–Trinajstić information content (AvgIpc) is 2.85. The Morgan fingerprint density at radius 2 is 2.25 bits per heavy atom.